The monoisotopic (exact) mass is 328 g/mol. The van der Waals surface area contributed by atoms with Crippen LogP contribution in [0.5, 0.6) is 5.75 Å². The first kappa shape index (κ1) is 16.9. The summed E-state index contributed by atoms with van der Waals surface area (Å²) in [5, 5.41) is 6.30. The molecule has 2 aromatic rings. The first-order valence-corrected chi connectivity index (χ1v) is 6.78. The molecule has 0 saturated heterocycles. The van der Waals surface area contributed by atoms with E-state index in [9.17, 15) is 18.0 Å². The molecule has 0 radical (unpaired) electrons. The molecule has 1 N–H and O–H groups in total. The Kier molecular flexibility index (Phi) is 4.92. The topological polar surface area (TPSA) is 64.4 Å². The molecule has 1 heterocycles. The number of halogens is 3. The Balaban J connectivity index is 2.00. The molecule has 0 saturated carbocycles. The second-order valence-electron chi connectivity index (χ2n) is 4.91. The van der Waals surface area contributed by atoms with E-state index in [0.717, 1.165) is 0 Å². The van der Waals surface area contributed by atoms with Crippen LogP contribution in [0.3, 0.4) is 0 Å². The molecule has 124 valence electrons. The van der Waals surface area contributed by atoms with Gasteiger partial charge in [0.1, 0.15) is 11.5 Å². The van der Waals surface area contributed by atoms with Gasteiger partial charge in [0.2, 0.25) is 5.91 Å². The molecule has 0 bridgehead atoms. The van der Waals surface area contributed by atoms with Gasteiger partial charge in [-0.2, -0.15) is 0 Å². The van der Waals surface area contributed by atoms with Crippen LogP contribution in [0.2, 0.25) is 0 Å². The molecular weight excluding hydrogens is 313 g/mol. The summed E-state index contributed by atoms with van der Waals surface area (Å²) in [6.07, 6.45) is -4.74. The molecule has 0 fully saturated rings. The average Bonchev–Trinajstić information content (AvgIpc) is 2.77. The SMILES string of the molecule is Cc1noc(C)c1CC(=O)NCc1ccccc1OC(F)(F)F. The number of aromatic nitrogens is 1. The molecule has 0 aliphatic heterocycles. The lowest BCUT2D eigenvalue weighted by Gasteiger charge is -2.13. The van der Waals surface area contributed by atoms with E-state index in [-0.39, 0.29) is 30.2 Å². The Hall–Kier alpha value is -2.51. The van der Waals surface area contributed by atoms with E-state index in [2.05, 4.69) is 15.2 Å². The van der Waals surface area contributed by atoms with Gasteiger partial charge in [0, 0.05) is 17.7 Å². The van der Waals surface area contributed by atoms with Crippen LogP contribution in [0.25, 0.3) is 0 Å². The number of hydrogen-bond acceptors (Lipinski definition) is 4. The van der Waals surface area contributed by atoms with Crippen LogP contribution >= 0.6 is 0 Å². The third kappa shape index (κ3) is 4.73. The maximum atomic E-state index is 12.3. The van der Waals surface area contributed by atoms with Crippen LogP contribution in [0, 0.1) is 13.8 Å². The zero-order chi connectivity index (χ0) is 17.0. The maximum Gasteiger partial charge on any atom is 0.573 e. The van der Waals surface area contributed by atoms with Crippen molar-refractivity contribution in [3.8, 4) is 5.75 Å². The fourth-order valence-electron chi connectivity index (χ4n) is 2.05. The number of carbonyl (C=O) groups is 1. The number of ether oxygens (including phenoxy) is 1. The number of rotatable bonds is 5. The van der Waals surface area contributed by atoms with Gasteiger partial charge >= 0.3 is 6.36 Å². The Morgan fingerprint density at radius 2 is 2.00 bits per heavy atom. The van der Waals surface area contributed by atoms with E-state index in [1.165, 1.54) is 18.2 Å². The van der Waals surface area contributed by atoms with Crippen LogP contribution in [0.1, 0.15) is 22.6 Å². The fourth-order valence-corrected chi connectivity index (χ4v) is 2.05. The number of nitrogens with one attached hydrogen (secondary N) is 1. The maximum absolute atomic E-state index is 12.3. The number of amides is 1. The summed E-state index contributed by atoms with van der Waals surface area (Å²) in [6.45, 7) is 3.33. The quantitative estimate of drug-likeness (QED) is 0.916. The number of carbonyl (C=O) groups excluding carboxylic acids is 1. The molecule has 1 aromatic carbocycles. The summed E-state index contributed by atoms with van der Waals surface area (Å²) in [5.41, 5.74) is 1.51. The van der Waals surface area contributed by atoms with Crippen molar-refractivity contribution >= 4 is 5.91 Å². The highest BCUT2D eigenvalue weighted by atomic mass is 19.4. The first-order chi connectivity index (χ1) is 10.8. The predicted octanol–water partition coefficient (Wildman–Crippen LogP) is 3.05. The van der Waals surface area contributed by atoms with Crippen LogP contribution in [-0.2, 0) is 17.8 Å². The molecule has 0 unspecified atom stereocenters. The molecule has 0 aliphatic carbocycles. The van der Waals surface area contributed by atoms with Gasteiger partial charge in [-0.15, -0.1) is 13.2 Å². The molecule has 5 nitrogen and oxygen atoms in total. The minimum absolute atomic E-state index is 0.0451. The summed E-state index contributed by atoms with van der Waals surface area (Å²) in [4.78, 5) is 11.9. The van der Waals surface area contributed by atoms with Gasteiger partial charge in [-0.25, -0.2) is 0 Å². The predicted molar refractivity (Wildman–Crippen MR) is 74.7 cm³/mol. The van der Waals surface area contributed by atoms with Gasteiger partial charge in [-0.05, 0) is 19.9 Å². The summed E-state index contributed by atoms with van der Waals surface area (Å²) < 4.78 is 45.9. The molecule has 2 rings (SSSR count). The largest absolute Gasteiger partial charge is 0.573 e. The molecule has 0 atom stereocenters. The van der Waals surface area contributed by atoms with Crippen LogP contribution < -0.4 is 10.1 Å². The smallest absolute Gasteiger partial charge is 0.405 e. The van der Waals surface area contributed by atoms with Gasteiger partial charge in [-0.1, -0.05) is 23.4 Å². The molecule has 1 amide bonds. The molecule has 1 aromatic heterocycles. The zero-order valence-electron chi connectivity index (χ0n) is 12.5. The van der Waals surface area contributed by atoms with Crippen molar-refractivity contribution in [1.82, 2.24) is 10.5 Å². The third-order valence-electron chi connectivity index (χ3n) is 3.19. The van der Waals surface area contributed by atoms with Crippen molar-refractivity contribution in [3.05, 3.63) is 46.8 Å². The summed E-state index contributed by atoms with van der Waals surface area (Å²) in [7, 11) is 0. The Morgan fingerprint density at radius 1 is 1.30 bits per heavy atom. The number of para-hydroxylation sites is 1. The minimum Gasteiger partial charge on any atom is -0.405 e. The number of nitrogens with zero attached hydrogens (tertiary/aromatic N) is 1. The van der Waals surface area contributed by atoms with E-state index < -0.39 is 6.36 Å². The van der Waals surface area contributed by atoms with Crippen molar-refractivity contribution in [2.24, 2.45) is 0 Å². The highest BCUT2D eigenvalue weighted by molar-refractivity contribution is 5.79. The van der Waals surface area contributed by atoms with Gasteiger partial charge in [0.15, 0.2) is 0 Å². The highest BCUT2D eigenvalue weighted by Crippen LogP contribution is 2.26. The molecule has 8 heteroatoms. The number of benzene rings is 1. The summed E-state index contributed by atoms with van der Waals surface area (Å²) in [6, 6.07) is 5.65. The number of alkyl halides is 3. The van der Waals surface area contributed by atoms with Crippen LogP contribution in [-0.4, -0.2) is 17.4 Å². The van der Waals surface area contributed by atoms with Gasteiger partial charge in [0.05, 0.1) is 12.1 Å². The molecule has 0 spiro atoms. The normalized spacial score (nSPS) is 11.3. The van der Waals surface area contributed by atoms with Crippen molar-refractivity contribution < 1.29 is 27.2 Å². The second-order valence-corrected chi connectivity index (χ2v) is 4.91. The average molecular weight is 328 g/mol. The highest BCUT2D eigenvalue weighted by Gasteiger charge is 2.32. The van der Waals surface area contributed by atoms with E-state index in [0.29, 0.717) is 17.0 Å². The van der Waals surface area contributed by atoms with Gasteiger partial charge < -0.3 is 14.6 Å². The lowest BCUT2D eigenvalue weighted by Crippen LogP contribution is -2.26. The number of aryl methyl sites for hydroxylation is 2. The van der Waals surface area contributed by atoms with Crippen molar-refractivity contribution in [1.29, 1.82) is 0 Å². The summed E-state index contributed by atoms with van der Waals surface area (Å²) >= 11 is 0. The van der Waals surface area contributed by atoms with E-state index in [1.807, 2.05) is 0 Å². The van der Waals surface area contributed by atoms with Crippen LogP contribution in [0.4, 0.5) is 13.2 Å². The lowest BCUT2D eigenvalue weighted by molar-refractivity contribution is -0.274. The van der Waals surface area contributed by atoms with Gasteiger partial charge in [0.25, 0.3) is 0 Å². The minimum atomic E-state index is -4.78. The third-order valence-corrected chi connectivity index (χ3v) is 3.19. The number of hydrogen-bond donors (Lipinski definition) is 1. The van der Waals surface area contributed by atoms with E-state index in [4.69, 9.17) is 4.52 Å². The van der Waals surface area contributed by atoms with Crippen LogP contribution in [0.15, 0.2) is 28.8 Å². The summed E-state index contributed by atoms with van der Waals surface area (Å²) in [5.74, 6) is -0.141. The zero-order valence-corrected chi connectivity index (χ0v) is 12.5. The van der Waals surface area contributed by atoms with Crippen molar-refractivity contribution in [3.63, 3.8) is 0 Å². The fraction of sp³-hybridized carbons (Fsp3) is 0.333. The van der Waals surface area contributed by atoms with Crippen molar-refractivity contribution in [2.75, 3.05) is 0 Å². The lowest BCUT2D eigenvalue weighted by atomic mass is 10.1. The molecule has 23 heavy (non-hydrogen) atoms. The Labute approximate surface area is 130 Å². The first-order valence-electron chi connectivity index (χ1n) is 6.78. The second kappa shape index (κ2) is 6.72. The van der Waals surface area contributed by atoms with E-state index >= 15 is 0 Å². The standard InChI is InChI=1S/C15H15F3N2O3/c1-9-12(10(2)23-20-9)7-14(21)19-8-11-5-3-4-6-13(11)22-15(16,17)18/h3-6H,7-8H2,1-2H3,(H,19,21). The van der Waals surface area contributed by atoms with E-state index in [1.54, 1.807) is 19.9 Å². The van der Waals surface area contributed by atoms with Crippen molar-refractivity contribution in [2.45, 2.75) is 33.2 Å². The Morgan fingerprint density at radius 3 is 2.61 bits per heavy atom. The Bertz CT molecular complexity index is 676. The van der Waals surface area contributed by atoms with Gasteiger partial charge in [-0.3, -0.25) is 4.79 Å². The molecule has 0 aliphatic rings. The molecular formula is C15H15F3N2O3.